The molecule has 0 fully saturated rings. The molecule has 4 N–H and O–H groups in total. The van der Waals surface area contributed by atoms with Gasteiger partial charge < -0.3 is 36.6 Å². The van der Waals surface area contributed by atoms with Gasteiger partial charge in [-0.2, -0.15) is 0 Å². The Morgan fingerprint density at radius 2 is 0.632 bits per heavy atom. The zero-order valence-corrected chi connectivity index (χ0v) is 21.0. The van der Waals surface area contributed by atoms with Crippen LogP contribution in [0.15, 0.2) is 142 Å². The molecular formula is C28H24FeN4O5. The van der Waals surface area contributed by atoms with Crippen molar-refractivity contribution in [2.75, 3.05) is 0 Å². The van der Waals surface area contributed by atoms with E-state index in [1.54, 1.807) is 97.1 Å². The van der Waals surface area contributed by atoms with Crippen LogP contribution in [0.5, 0.6) is 0 Å². The molecule has 0 unspecified atom stereocenters. The normalized spacial score (nSPS) is 11.8. The summed E-state index contributed by atoms with van der Waals surface area (Å²) < 4.78 is 0. The summed E-state index contributed by atoms with van der Waals surface area (Å²) >= 11 is 0. The largest absolute Gasteiger partial charge is 2.00 e. The van der Waals surface area contributed by atoms with Gasteiger partial charge in [0, 0.05) is 22.3 Å². The van der Waals surface area contributed by atoms with E-state index in [2.05, 4.69) is 20.6 Å². The van der Waals surface area contributed by atoms with E-state index >= 15 is 0 Å². The van der Waals surface area contributed by atoms with Crippen molar-refractivity contribution in [1.82, 2.24) is 0 Å². The van der Waals surface area contributed by atoms with E-state index < -0.39 is 0 Å². The molecule has 38 heavy (non-hydrogen) atoms. The third-order valence-electron chi connectivity index (χ3n) is 5.02. The van der Waals surface area contributed by atoms with E-state index in [0.29, 0.717) is 22.3 Å². The van der Waals surface area contributed by atoms with Crippen LogP contribution in [0, 0.1) is 10.4 Å². The number of nitrogens with zero attached hydrogens (tertiary/aromatic N) is 4. The molecule has 0 amide bonds. The summed E-state index contributed by atoms with van der Waals surface area (Å²) in [5.41, 5.74) is 3.06. The monoisotopic (exact) mass is 552 g/mol. The van der Waals surface area contributed by atoms with Crippen molar-refractivity contribution in [2.24, 2.45) is 20.6 Å². The number of rotatable bonds is 6. The maximum atomic E-state index is 11.0. The van der Waals surface area contributed by atoms with E-state index in [-0.39, 0.29) is 45.4 Å². The minimum Gasteiger partial charge on any atom is -0.791 e. The molecule has 9 nitrogen and oxygen atoms in total. The molecule has 4 aromatic rings. The molecule has 0 atom stereocenters. The Hall–Kier alpha value is -4.76. The van der Waals surface area contributed by atoms with E-state index in [4.69, 9.17) is 10.4 Å². The molecule has 0 spiro atoms. The molecule has 0 heterocycles. The van der Waals surface area contributed by atoms with Gasteiger partial charge in [-0.15, -0.1) is 0 Å². The summed E-state index contributed by atoms with van der Waals surface area (Å²) in [5, 5.41) is 52.6. The minimum absolute atomic E-state index is 0. The Labute approximate surface area is 230 Å². The summed E-state index contributed by atoms with van der Waals surface area (Å²) in [4.78, 5) is 0. The van der Waals surface area contributed by atoms with Gasteiger partial charge in [0.25, 0.3) is 0 Å². The van der Waals surface area contributed by atoms with Crippen LogP contribution in [0.4, 0.5) is 0 Å². The van der Waals surface area contributed by atoms with Gasteiger partial charge in [-0.1, -0.05) is 132 Å². The molecule has 0 aliphatic carbocycles. The van der Waals surface area contributed by atoms with Gasteiger partial charge in [-0.05, 0) is 0 Å². The van der Waals surface area contributed by atoms with E-state index in [1.165, 1.54) is 0 Å². The summed E-state index contributed by atoms with van der Waals surface area (Å²) in [6.45, 7) is 0. The third-order valence-corrected chi connectivity index (χ3v) is 5.02. The first-order valence-electron chi connectivity index (χ1n) is 10.8. The quantitative estimate of drug-likeness (QED) is 0.151. The fraction of sp³-hybridized carbons (Fsp3) is 0. The van der Waals surface area contributed by atoms with Gasteiger partial charge in [0.2, 0.25) is 0 Å². The van der Waals surface area contributed by atoms with Crippen LogP contribution in [0.3, 0.4) is 0 Å². The molecule has 0 bridgehead atoms. The van der Waals surface area contributed by atoms with Crippen LogP contribution < -0.4 is 0 Å². The fourth-order valence-corrected chi connectivity index (χ4v) is 3.33. The molecule has 194 valence electrons. The molecule has 0 aliphatic heterocycles. The maximum absolute atomic E-state index is 11.0. The van der Waals surface area contributed by atoms with Crippen LogP contribution in [0.25, 0.3) is 0 Å². The van der Waals surface area contributed by atoms with Crippen LogP contribution in [-0.2, 0) is 17.1 Å². The Bertz CT molecular complexity index is 1140. The first-order valence-corrected chi connectivity index (χ1v) is 10.8. The maximum Gasteiger partial charge on any atom is 2.00 e. The average Bonchev–Trinajstić information content (AvgIpc) is 2.96. The van der Waals surface area contributed by atoms with Gasteiger partial charge in [0.05, 0.1) is 11.4 Å². The number of benzene rings is 4. The van der Waals surface area contributed by atoms with Crippen LogP contribution in [0.1, 0.15) is 22.3 Å². The minimum atomic E-state index is 0. The smallest absolute Gasteiger partial charge is 0.791 e. The van der Waals surface area contributed by atoms with Crippen molar-refractivity contribution in [1.29, 1.82) is 0 Å². The van der Waals surface area contributed by atoms with Crippen LogP contribution in [0.2, 0.25) is 0 Å². The number of oxime groups is 2. The molecule has 4 rings (SSSR count). The van der Waals surface area contributed by atoms with Gasteiger partial charge in [0.1, 0.15) is 11.4 Å². The molecule has 0 saturated heterocycles. The fourth-order valence-electron chi connectivity index (χ4n) is 3.33. The third kappa shape index (κ3) is 8.14. The second-order valence-electron chi connectivity index (χ2n) is 7.24. The summed E-state index contributed by atoms with van der Waals surface area (Å²) in [6.07, 6.45) is 0. The number of hydrogen-bond acceptors (Lipinski definition) is 8. The average molecular weight is 552 g/mol. The van der Waals surface area contributed by atoms with Gasteiger partial charge in [0.15, 0.2) is 0 Å². The molecule has 0 saturated carbocycles. The van der Waals surface area contributed by atoms with Crippen molar-refractivity contribution >= 4 is 22.8 Å². The van der Waals surface area contributed by atoms with E-state index in [1.807, 2.05) is 24.3 Å². The standard InChI is InChI=1S/2C14H12N2O2.Fe.H2O/c2*17-15-13(11-7-3-1-4-8-11)14(16-18)12-9-5-2-6-10-12;;/h2*1-10,17-18H;;1H2/q;;+2;/p-2/b2*15-13+,16-14+;;. The SMILES string of the molecule is O.[Fe+2].[O-]/N=C(/C(=N/O)c1ccccc1)c1ccccc1.[O-]/N=C(/C(=N/O)c1ccccc1)c1ccccc1. The molecule has 0 radical (unpaired) electrons. The predicted octanol–water partition coefficient (Wildman–Crippen LogP) is 4.88. The van der Waals surface area contributed by atoms with Crippen LogP contribution >= 0.6 is 0 Å². The first-order chi connectivity index (χ1) is 17.7. The molecular weight excluding hydrogens is 528 g/mol. The van der Waals surface area contributed by atoms with Gasteiger partial charge in [-0.3, -0.25) is 0 Å². The second-order valence-corrected chi connectivity index (χ2v) is 7.24. The Morgan fingerprint density at radius 3 is 0.816 bits per heavy atom. The summed E-state index contributed by atoms with van der Waals surface area (Å²) in [7, 11) is 0. The predicted molar refractivity (Wildman–Crippen MR) is 146 cm³/mol. The topological polar surface area (TPSA) is 168 Å². The van der Waals surface area contributed by atoms with Gasteiger partial charge >= 0.3 is 17.1 Å². The van der Waals surface area contributed by atoms with Gasteiger partial charge in [-0.25, -0.2) is 0 Å². The van der Waals surface area contributed by atoms with Crippen molar-refractivity contribution in [3.05, 3.63) is 154 Å². The zero-order chi connectivity index (χ0) is 25.6. The van der Waals surface area contributed by atoms with E-state index in [0.717, 1.165) is 0 Å². The van der Waals surface area contributed by atoms with Crippen molar-refractivity contribution in [2.45, 2.75) is 0 Å². The molecule has 0 aliphatic rings. The second kappa shape index (κ2) is 16.8. The van der Waals surface area contributed by atoms with Crippen molar-refractivity contribution in [3.63, 3.8) is 0 Å². The molecule has 4 aromatic carbocycles. The Balaban J connectivity index is 0.000000361. The first kappa shape index (κ1) is 31.3. The van der Waals surface area contributed by atoms with Crippen molar-refractivity contribution in [3.8, 4) is 0 Å². The zero-order valence-electron chi connectivity index (χ0n) is 19.9. The van der Waals surface area contributed by atoms with E-state index in [9.17, 15) is 10.4 Å². The Kier molecular flexibility index (Phi) is 13.8. The van der Waals surface area contributed by atoms with Crippen molar-refractivity contribution < 1.29 is 33.0 Å². The summed E-state index contributed by atoms with van der Waals surface area (Å²) in [6, 6.07) is 35.7. The molecule has 10 heteroatoms. The van der Waals surface area contributed by atoms with Crippen LogP contribution in [-0.4, -0.2) is 38.7 Å². The molecule has 0 aromatic heterocycles. The summed E-state index contributed by atoms with van der Waals surface area (Å²) in [5.74, 6) is 0. The number of hydrogen-bond donors (Lipinski definition) is 2. The Morgan fingerprint density at radius 1 is 0.421 bits per heavy atom.